The number of carbonyl (C=O) groups is 2. The molecular formula is C20H30N4O5S. The fraction of sp³-hybridized carbons (Fsp3) is 0.600. The average Bonchev–Trinajstić information content (AvgIpc) is 3.21. The third-order valence-corrected chi connectivity index (χ3v) is 6.66. The Morgan fingerprint density at radius 2 is 1.87 bits per heavy atom. The molecule has 2 aliphatic rings. The van der Waals surface area contributed by atoms with Gasteiger partial charge in [-0.1, -0.05) is 12.1 Å². The number of hydrogen-bond acceptors (Lipinski definition) is 6. The largest absolute Gasteiger partial charge is 0.415 e. The van der Waals surface area contributed by atoms with E-state index in [4.69, 9.17) is 4.74 Å². The van der Waals surface area contributed by atoms with Crippen LogP contribution < -0.4 is 15.4 Å². The second-order valence-electron chi connectivity index (χ2n) is 7.89. The van der Waals surface area contributed by atoms with Crippen LogP contribution in [0, 0.1) is 0 Å². The molecule has 2 atom stereocenters. The van der Waals surface area contributed by atoms with Gasteiger partial charge >= 0.3 is 6.09 Å². The van der Waals surface area contributed by atoms with Gasteiger partial charge in [0.1, 0.15) is 11.8 Å². The summed E-state index contributed by atoms with van der Waals surface area (Å²) in [6, 6.07) is 6.42. The lowest BCUT2D eigenvalue weighted by Gasteiger charge is -2.26. The highest BCUT2D eigenvalue weighted by Crippen LogP contribution is 2.21. The zero-order valence-corrected chi connectivity index (χ0v) is 18.3. The van der Waals surface area contributed by atoms with Crippen molar-refractivity contribution in [2.45, 2.75) is 38.3 Å². The Kier molecular flexibility index (Phi) is 7.32. The standard InChI is InChI=1S/C20H30N4O5S/c1-15(22-19(25)18-4-3-11-24(18)30(2,27)28)14-16-5-7-17(8-6-16)29-20(26)23-12-9-21-10-13-23/h5-8,15,18,21H,3-4,9-14H2,1-2H3,(H,22,25). The van der Waals surface area contributed by atoms with Crippen LogP contribution in [0.1, 0.15) is 25.3 Å². The fourth-order valence-corrected chi connectivity index (χ4v) is 4.97. The van der Waals surface area contributed by atoms with Gasteiger partial charge in [-0.2, -0.15) is 4.31 Å². The van der Waals surface area contributed by atoms with Gasteiger partial charge < -0.3 is 20.3 Å². The second kappa shape index (κ2) is 9.76. The van der Waals surface area contributed by atoms with Crippen molar-refractivity contribution in [2.24, 2.45) is 0 Å². The summed E-state index contributed by atoms with van der Waals surface area (Å²) in [4.78, 5) is 26.4. The van der Waals surface area contributed by atoms with E-state index in [1.54, 1.807) is 17.0 Å². The lowest BCUT2D eigenvalue weighted by molar-refractivity contribution is -0.124. The Labute approximate surface area is 177 Å². The molecule has 166 valence electrons. The highest BCUT2D eigenvalue weighted by atomic mass is 32.2. The van der Waals surface area contributed by atoms with E-state index in [1.807, 2.05) is 19.1 Å². The van der Waals surface area contributed by atoms with Gasteiger partial charge in [0, 0.05) is 38.8 Å². The number of benzene rings is 1. The molecule has 0 radical (unpaired) electrons. The van der Waals surface area contributed by atoms with Crippen LogP contribution in [-0.2, 0) is 21.2 Å². The summed E-state index contributed by atoms with van der Waals surface area (Å²) in [6.45, 7) is 5.06. The van der Waals surface area contributed by atoms with Crippen LogP contribution in [0.25, 0.3) is 0 Å². The number of amides is 2. The zero-order chi connectivity index (χ0) is 21.7. The predicted octanol–water partition coefficient (Wildman–Crippen LogP) is 0.562. The van der Waals surface area contributed by atoms with Gasteiger partial charge in [-0.3, -0.25) is 4.79 Å². The molecule has 3 rings (SSSR count). The van der Waals surface area contributed by atoms with E-state index in [2.05, 4.69) is 10.6 Å². The molecule has 2 aliphatic heterocycles. The van der Waals surface area contributed by atoms with Gasteiger partial charge in [0.25, 0.3) is 0 Å². The van der Waals surface area contributed by atoms with Crippen molar-refractivity contribution in [3.8, 4) is 5.75 Å². The van der Waals surface area contributed by atoms with Crippen LogP contribution in [0.3, 0.4) is 0 Å². The molecule has 0 bridgehead atoms. The summed E-state index contributed by atoms with van der Waals surface area (Å²) in [5.74, 6) is 0.223. The topological polar surface area (TPSA) is 108 Å². The van der Waals surface area contributed by atoms with Crippen molar-refractivity contribution >= 4 is 22.0 Å². The number of rotatable bonds is 6. The van der Waals surface area contributed by atoms with E-state index in [9.17, 15) is 18.0 Å². The molecule has 30 heavy (non-hydrogen) atoms. The van der Waals surface area contributed by atoms with Crippen LogP contribution in [-0.4, -0.2) is 80.7 Å². The maximum absolute atomic E-state index is 12.5. The Hall–Kier alpha value is -2.17. The van der Waals surface area contributed by atoms with E-state index in [0.29, 0.717) is 44.6 Å². The van der Waals surface area contributed by atoms with E-state index < -0.39 is 16.1 Å². The first-order valence-electron chi connectivity index (χ1n) is 10.3. The molecule has 0 spiro atoms. The summed E-state index contributed by atoms with van der Waals surface area (Å²) in [5, 5.41) is 6.11. The van der Waals surface area contributed by atoms with Gasteiger partial charge in [-0.15, -0.1) is 0 Å². The molecule has 1 aromatic carbocycles. The summed E-state index contributed by atoms with van der Waals surface area (Å²) in [5.41, 5.74) is 0.983. The minimum atomic E-state index is -3.39. The van der Waals surface area contributed by atoms with Crippen LogP contribution in [0.5, 0.6) is 5.75 Å². The number of hydrogen-bond donors (Lipinski definition) is 2. The lowest BCUT2D eigenvalue weighted by atomic mass is 10.1. The van der Waals surface area contributed by atoms with Crippen molar-refractivity contribution < 1.29 is 22.7 Å². The number of carbonyl (C=O) groups excluding carboxylic acids is 2. The van der Waals surface area contributed by atoms with Crippen LogP contribution in [0.2, 0.25) is 0 Å². The van der Waals surface area contributed by atoms with E-state index >= 15 is 0 Å². The first kappa shape index (κ1) is 22.5. The predicted molar refractivity (Wildman–Crippen MR) is 113 cm³/mol. The molecule has 2 fully saturated rings. The molecular weight excluding hydrogens is 408 g/mol. The number of ether oxygens (including phenoxy) is 1. The zero-order valence-electron chi connectivity index (χ0n) is 17.5. The van der Waals surface area contributed by atoms with Gasteiger partial charge in [0.2, 0.25) is 15.9 Å². The Bertz CT molecular complexity index is 852. The van der Waals surface area contributed by atoms with E-state index in [0.717, 1.165) is 24.9 Å². The highest BCUT2D eigenvalue weighted by Gasteiger charge is 2.36. The van der Waals surface area contributed by atoms with E-state index in [1.165, 1.54) is 4.31 Å². The molecule has 0 aromatic heterocycles. The normalized spacial score (nSPS) is 21.3. The van der Waals surface area contributed by atoms with Gasteiger partial charge in [-0.25, -0.2) is 13.2 Å². The SMILES string of the molecule is CC(Cc1ccc(OC(=O)N2CCNCC2)cc1)NC(=O)C1CCCN1S(C)(=O)=O. The van der Waals surface area contributed by atoms with Gasteiger partial charge in [0.15, 0.2) is 0 Å². The second-order valence-corrected chi connectivity index (χ2v) is 9.83. The van der Waals surface area contributed by atoms with Crippen molar-refractivity contribution in [1.29, 1.82) is 0 Å². The molecule has 1 aromatic rings. The minimum Gasteiger partial charge on any atom is -0.410 e. The summed E-state index contributed by atoms with van der Waals surface area (Å²) >= 11 is 0. The van der Waals surface area contributed by atoms with Gasteiger partial charge in [0.05, 0.1) is 6.26 Å². The third-order valence-electron chi connectivity index (χ3n) is 5.37. The number of nitrogens with zero attached hydrogens (tertiary/aromatic N) is 2. The Morgan fingerprint density at radius 3 is 2.50 bits per heavy atom. The molecule has 10 heteroatoms. The number of sulfonamides is 1. The maximum Gasteiger partial charge on any atom is 0.415 e. The first-order chi connectivity index (χ1) is 14.2. The Morgan fingerprint density at radius 1 is 1.20 bits per heavy atom. The monoisotopic (exact) mass is 438 g/mol. The van der Waals surface area contributed by atoms with E-state index in [-0.39, 0.29) is 18.0 Å². The molecule has 2 heterocycles. The van der Waals surface area contributed by atoms with Gasteiger partial charge in [-0.05, 0) is 43.9 Å². The van der Waals surface area contributed by atoms with Crippen molar-refractivity contribution in [2.75, 3.05) is 39.0 Å². The molecule has 2 amide bonds. The van der Waals surface area contributed by atoms with Crippen molar-refractivity contribution in [3.05, 3.63) is 29.8 Å². The molecule has 0 saturated carbocycles. The minimum absolute atomic E-state index is 0.159. The number of piperazine rings is 1. The molecule has 2 saturated heterocycles. The van der Waals surface area contributed by atoms with Crippen LogP contribution in [0.15, 0.2) is 24.3 Å². The summed E-state index contributed by atoms with van der Waals surface area (Å²) < 4.78 is 30.4. The van der Waals surface area contributed by atoms with Crippen molar-refractivity contribution in [3.63, 3.8) is 0 Å². The fourth-order valence-electron chi connectivity index (χ4n) is 3.85. The van der Waals surface area contributed by atoms with Crippen LogP contribution >= 0.6 is 0 Å². The smallest absolute Gasteiger partial charge is 0.410 e. The van der Waals surface area contributed by atoms with Crippen LogP contribution in [0.4, 0.5) is 4.79 Å². The average molecular weight is 439 g/mol. The third kappa shape index (κ3) is 5.93. The first-order valence-corrected chi connectivity index (χ1v) is 12.1. The Balaban J connectivity index is 1.50. The number of nitrogens with one attached hydrogen (secondary N) is 2. The maximum atomic E-state index is 12.5. The summed E-state index contributed by atoms with van der Waals surface area (Å²) in [7, 11) is -3.39. The lowest BCUT2D eigenvalue weighted by Crippen LogP contribution is -2.48. The highest BCUT2D eigenvalue weighted by molar-refractivity contribution is 7.88. The van der Waals surface area contributed by atoms with Crippen molar-refractivity contribution in [1.82, 2.24) is 19.8 Å². The summed E-state index contributed by atoms with van der Waals surface area (Å²) in [6.07, 6.45) is 2.60. The molecule has 2 N–H and O–H groups in total. The molecule has 9 nitrogen and oxygen atoms in total. The molecule has 2 unspecified atom stereocenters. The quantitative estimate of drug-likeness (QED) is 0.672. The molecule has 0 aliphatic carbocycles.